The van der Waals surface area contributed by atoms with Gasteiger partial charge in [-0.3, -0.25) is 9.59 Å². The summed E-state index contributed by atoms with van der Waals surface area (Å²) in [6.07, 6.45) is -0.609. The number of rotatable bonds is 3. The highest BCUT2D eigenvalue weighted by Gasteiger charge is 2.10. The number of carbonyl (C=O) groups is 2. The molecule has 0 aliphatic rings. The van der Waals surface area contributed by atoms with Crippen LogP contribution < -0.4 is 0 Å². The molecule has 0 bridgehead atoms. The smallest absolute Gasteiger partial charge is 0.288 e. The molecular formula is C5H4ClFO2. The van der Waals surface area contributed by atoms with E-state index in [2.05, 4.69) is 18.2 Å². The van der Waals surface area contributed by atoms with Crippen molar-refractivity contribution < 1.29 is 14.0 Å². The standard InChI is InChI=1S/C5H4ClFO2/c1-3(7)2-4(8)5(6)9/h1-2H2. The normalized spacial score (nSPS) is 8.67. The summed E-state index contributed by atoms with van der Waals surface area (Å²) >= 11 is 4.68. The van der Waals surface area contributed by atoms with E-state index >= 15 is 0 Å². The Morgan fingerprint density at radius 1 is 1.56 bits per heavy atom. The minimum atomic E-state index is -1.16. The maximum absolute atomic E-state index is 11.7. The summed E-state index contributed by atoms with van der Waals surface area (Å²) < 4.78 is 11.7. The minimum Gasteiger partial charge on any atom is -0.289 e. The van der Waals surface area contributed by atoms with Crippen LogP contribution in [0.1, 0.15) is 6.42 Å². The van der Waals surface area contributed by atoms with E-state index in [0.717, 1.165) is 0 Å². The molecule has 0 unspecified atom stereocenters. The van der Waals surface area contributed by atoms with Crippen LogP contribution >= 0.6 is 11.6 Å². The van der Waals surface area contributed by atoms with Crippen LogP contribution in [0.25, 0.3) is 0 Å². The average Bonchev–Trinajstić information content (AvgIpc) is 1.63. The van der Waals surface area contributed by atoms with Crippen LogP contribution in [-0.2, 0) is 9.59 Å². The molecule has 4 heteroatoms. The zero-order valence-electron chi connectivity index (χ0n) is 4.49. The molecule has 0 heterocycles. The fourth-order valence-corrected chi connectivity index (χ4v) is 0.311. The minimum absolute atomic E-state index is 0.609. The lowest BCUT2D eigenvalue weighted by Gasteiger charge is -1.86. The van der Waals surface area contributed by atoms with Gasteiger partial charge in [0.25, 0.3) is 5.24 Å². The Hall–Kier alpha value is -0.700. The van der Waals surface area contributed by atoms with Crippen molar-refractivity contribution in [1.82, 2.24) is 0 Å². The van der Waals surface area contributed by atoms with Gasteiger partial charge in [-0.25, -0.2) is 4.39 Å². The molecule has 0 spiro atoms. The largest absolute Gasteiger partial charge is 0.289 e. The van der Waals surface area contributed by atoms with Crippen molar-refractivity contribution in [2.75, 3.05) is 0 Å². The van der Waals surface area contributed by atoms with Crippen LogP contribution in [-0.4, -0.2) is 11.0 Å². The first kappa shape index (κ1) is 8.30. The predicted molar refractivity (Wildman–Crippen MR) is 30.7 cm³/mol. The molecule has 0 atom stereocenters. The van der Waals surface area contributed by atoms with E-state index in [9.17, 15) is 14.0 Å². The van der Waals surface area contributed by atoms with Crippen molar-refractivity contribution in [3.05, 3.63) is 12.4 Å². The zero-order valence-corrected chi connectivity index (χ0v) is 5.24. The van der Waals surface area contributed by atoms with Crippen LogP contribution in [0.5, 0.6) is 0 Å². The van der Waals surface area contributed by atoms with Crippen molar-refractivity contribution in [1.29, 1.82) is 0 Å². The number of halogens is 2. The monoisotopic (exact) mass is 150 g/mol. The number of carbonyl (C=O) groups excluding carboxylic acids is 2. The highest BCUT2D eigenvalue weighted by Crippen LogP contribution is 2.00. The molecule has 0 aliphatic heterocycles. The Morgan fingerprint density at radius 2 is 2.00 bits per heavy atom. The van der Waals surface area contributed by atoms with E-state index in [1.54, 1.807) is 0 Å². The topological polar surface area (TPSA) is 34.1 Å². The third kappa shape index (κ3) is 3.85. The van der Waals surface area contributed by atoms with Gasteiger partial charge in [0.05, 0.1) is 6.42 Å². The van der Waals surface area contributed by atoms with E-state index < -0.39 is 23.3 Å². The fraction of sp³-hybridized carbons (Fsp3) is 0.200. The maximum atomic E-state index is 11.7. The van der Waals surface area contributed by atoms with E-state index in [1.807, 2.05) is 0 Å². The molecule has 0 fully saturated rings. The van der Waals surface area contributed by atoms with Crippen molar-refractivity contribution in [2.45, 2.75) is 6.42 Å². The van der Waals surface area contributed by atoms with Crippen LogP contribution in [0.3, 0.4) is 0 Å². The van der Waals surface area contributed by atoms with Crippen LogP contribution in [0.4, 0.5) is 4.39 Å². The van der Waals surface area contributed by atoms with Gasteiger partial charge in [-0.05, 0) is 11.6 Å². The van der Waals surface area contributed by atoms with Crippen molar-refractivity contribution >= 4 is 22.6 Å². The molecule has 0 aromatic rings. The number of hydrogen-bond donors (Lipinski definition) is 0. The Balaban J connectivity index is 3.79. The first-order chi connectivity index (χ1) is 4.04. The number of Topliss-reactive ketones (excluding diaryl/α,β-unsaturated/α-hetero) is 1. The zero-order chi connectivity index (χ0) is 7.44. The van der Waals surface area contributed by atoms with Gasteiger partial charge in [-0.15, -0.1) is 0 Å². The molecule has 0 N–H and O–H groups in total. The van der Waals surface area contributed by atoms with Crippen molar-refractivity contribution in [3.63, 3.8) is 0 Å². The van der Waals surface area contributed by atoms with Gasteiger partial charge in [-0.1, -0.05) is 6.58 Å². The van der Waals surface area contributed by atoms with Gasteiger partial charge >= 0.3 is 0 Å². The van der Waals surface area contributed by atoms with Crippen LogP contribution in [0, 0.1) is 0 Å². The summed E-state index contributed by atoms with van der Waals surface area (Å²) in [6.45, 7) is 2.78. The first-order valence-corrected chi connectivity index (χ1v) is 2.47. The molecular weight excluding hydrogens is 147 g/mol. The summed E-state index contributed by atoms with van der Waals surface area (Å²) in [5.41, 5.74) is 0. The lowest BCUT2D eigenvalue weighted by atomic mass is 10.3. The molecule has 2 nitrogen and oxygen atoms in total. The molecule has 0 saturated carbocycles. The average molecular weight is 151 g/mol. The summed E-state index contributed by atoms with van der Waals surface area (Å²) in [6, 6.07) is 0. The Kier molecular flexibility index (Phi) is 3.09. The molecule has 9 heavy (non-hydrogen) atoms. The molecule has 0 aliphatic carbocycles. The summed E-state index contributed by atoms with van der Waals surface area (Å²) in [7, 11) is 0. The third-order valence-electron chi connectivity index (χ3n) is 0.572. The summed E-state index contributed by atoms with van der Waals surface area (Å²) in [5, 5.41) is -1.16. The highest BCUT2D eigenvalue weighted by molar-refractivity contribution is 6.81. The molecule has 50 valence electrons. The van der Waals surface area contributed by atoms with Gasteiger partial charge in [0.2, 0.25) is 5.78 Å². The number of allylic oxidation sites excluding steroid dienone is 1. The van der Waals surface area contributed by atoms with Gasteiger partial charge in [-0.2, -0.15) is 0 Å². The van der Waals surface area contributed by atoms with E-state index in [-0.39, 0.29) is 0 Å². The SMILES string of the molecule is C=C(F)CC(=O)C(=O)Cl. The van der Waals surface area contributed by atoms with Gasteiger partial charge in [0, 0.05) is 0 Å². The van der Waals surface area contributed by atoms with Crippen LogP contribution in [0.2, 0.25) is 0 Å². The quantitative estimate of drug-likeness (QED) is 0.448. The third-order valence-corrected chi connectivity index (χ3v) is 0.782. The molecule has 0 radical (unpaired) electrons. The Morgan fingerprint density at radius 3 is 2.11 bits per heavy atom. The van der Waals surface area contributed by atoms with Crippen LogP contribution in [0.15, 0.2) is 12.4 Å². The predicted octanol–water partition coefficient (Wildman–Crippen LogP) is 1.19. The van der Waals surface area contributed by atoms with Gasteiger partial charge in [0.1, 0.15) is 5.83 Å². The van der Waals surface area contributed by atoms with Crippen molar-refractivity contribution in [3.8, 4) is 0 Å². The summed E-state index contributed by atoms with van der Waals surface area (Å²) in [5.74, 6) is -1.82. The lowest BCUT2D eigenvalue weighted by molar-refractivity contribution is -0.131. The molecule has 0 rings (SSSR count). The van der Waals surface area contributed by atoms with E-state index in [1.165, 1.54) is 0 Å². The molecule has 0 saturated heterocycles. The second kappa shape index (κ2) is 3.35. The van der Waals surface area contributed by atoms with E-state index in [4.69, 9.17) is 0 Å². The van der Waals surface area contributed by atoms with Gasteiger partial charge in [0.15, 0.2) is 0 Å². The first-order valence-electron chi connectivity index (χ1n) is 2.10. The highest BCUT2D eigenvalue weighted by atomic mass is 35.5. The van der Waals surface area contributed by atoms with Crippen molar-refractivity contribution in [2.24, 2.45) is 0 Å². The second-order valence-electron chi connectivity index (χ2n) is 1.39. The maximum Gasteiger partial charge on any atom is 0.288 e. The Labute approximate surface area is 56.3 Å². The Bertz CT molecular complexity index is 164. The fourth-order valence-electron chi connectivity index (χ4n) is 0.244. The molecule has 0 aromatic carbocycles. The number of ketones is 1. The second-order valence-corrected chi connectivity index (χ2v) is 1.73. The molecule has 0 aromatic heterocycles. The van der Waals surface area contributed by atoms with Gasteiger partial charge < -0.3 is 0 Å². The lowest BCUT2D eigenvalue weighted by Crippen LogP contribution is -2.05. The molecule has 0 amide bonds. The summed E-state index contributed by atoms with van der Waals surface area (Å²) in [4.78, 5) is 20.1. The number of hydrogen-bond acceptors (Lipinski definition) is 2. The van der Waals surface area contributed by atoms with E-state index in [0.29, 0.717) is 0 Å².